The van der Waals surface area contributed by atoms with Crippen LogP contribution in [0.2, 0.25) is 0 Å². The number of hydrogen-bond donors (Lipinski definition) is 0. The van der Waals surface area contributed by atoms with Gasteiger partial charge in [0.25, 0.3) is 0 Å². The van der Waals surface area contributed by atoms with Gasteiger partial charge in [0.1, 0.15) is 34.3 Å². The minimum atomic E-state index is -3.39. The molecule has 0 aromatic heterocycles. The quantitative estimate of drug-likeness (QED) is 0.274. The second-order valence-electron chi connectivity index (χ2n) is 9.76. The van der Waals surface area contributed by atoms with Gasteiger partial charge in [-0.3, -0.25) is 4.99 Å². The van der Waals surface area contributed by atoms with Crippen molar-refractivity contribution >= 4 is 37.6 Å². The molecule has 0 N–H and O–H groups in total. The van der Waals surface area contributed by atoms with Crippen molar-refractivity contribution in [3.05, 3.63) is 34.1 Å². The first kappa shape index (κ1) is 29.2. The summed E-state index contributed by atoms with van der Waals surface area (Å²) in [6.45, 7) is 10.0. The van der Waals surface area contributed by atoms with Crippen LogP contribution in [0.4, 0.5) is 9.18 Å². The number of halogens is 2. The topological polar surface area (TPSA) is 114 Å². The third-order valence-electron chi connectivity index (χ3n) is 5.38. The molecule has 0 saturated carbocycles. The van der Waals surface area contributed by atoms with E-state index in [1.807, 2.05) is 0 Å². The Kier molecular flexibility index (Phi) is 9.08. The molecule has 0 bridgehead atoms. The minimum Gasteiger partial charge on any atom is -0.443 e. The SMILES string of the molecule is COCCOCN(C(=O)OC(C)(C)C)C1=N[C@](C)(c2cc(Br)ccc2F)CS(=O)(=NC#N)C1(C)C. The van der Waals surface area contributed by atoms with Gasteiger partial charge < -0.3 is 14.2 Å². The second kappa shape index (κ2) is 10.9. The van der Waals surface area contributed by atoms with Crippen molar-refractivity contribution in [2.45, 2.75) is 57.4 Å². The number of ether oxygens (including phenoxy) is 3. The molecule has 0 spiro atoms. The lowest BCUT2D eigenvalue weighted by molar-refractivity contribution is -0.00306. The number of aliphatic imine (C=N–C) groups is 1. The van der Waals surface area contributed by atoms with Gasteiger partial charge in [0.05, 0.1) is 28.7 Å². The molecular weight excluding hydrogens is 543 g/mol. The summed E-state index contributed by atoms with van der Waals surface area (Å²) in [4.78, 5) is 19.2. The van der Waals surface area contributed by atoms with Crippen LogP contribution in [0.5, 0.6) is 0 Å². The van der Waals surface area contributed by atoms with Crippen molar-refractivity contribution in [2.24, 2.45) is 9.36 Å². The molecule has 0 saturated heterocycles. The van der Waals surface area contributed by atoms with Crippen molar-refractivity contribution < 1.29 is 27.6 Å². The van der Waals surface area contributed by atoms with Crippen LogP contribution in [0.25, 0.3) is 0 Å². The zero-order valence-electron chi connectivity index (χ0n) is 21.1. The molecule has 2 atom stereocenters. The molecule has 194 valence electrons. The minimum absolute atomic E-state index is 0.0151. The fraction of sp³-hybridized carbons (Fsp3) is 0.609. The number of carbonyl (C=O) groups excluding carboxylic acids is 1. The molecule has 1 aromatic rings. The maximum Gasteiger partial charge on any atom is 0.417 e. The van der Waals surface area contributed by atoms with Gasteiger partial charge in [-0.25, -0.2) is 18.3 Å². The number of hydrogen-bond acceptors (Lipinski definition) is 8. The van der Waals surface area contributed by atoms with Crippen LogP contribution in [0.3, 0.4) is 0 Å². The van der Waals surface area contributed by atoms with Gasteiger partial charge in [0, 0.05) is 17.1 Å². The largest absolute Gasteiger partial charge is 0.443 e. The third kappa shape index (κ3) is 6.58. The zero-order valence-corrected chi connectivity index (χ0v) is 23.5. The van der Waals surface area contributed by atoms with Gasteiger partial charge in [-0.1, -0.05) is 15.9 Å². The van der Waals surface area contributed by atoms with E-state index in [2.05, 4.69) is 20.3 Å². The van der Waals surface area contributed by atoms with E-state index in [9.17, 15) is 14.3 Å². The van der Waals surface area contributed by atoms with E-state index in [-0.39, 0.29) is 37.1 Å². The molecule has 12 heteroatoms. The number of carbonyl (C=O) groups is 1. The normalized spacial score (nSPS) is 23.7. The van der Waals surface area contributed by atoms with E-state index >= 15 is 4.39 Å². The first-order valence-corrected chi connectivity index (χ1v) is 13.3. The lowest BCUT2D eigenvalue weighted by Crippen LogP contribution is -2.59. The number of amidine groups is 1. The average Bonchev–Trinajstić information content (AvgIpc) is 2.72. The van der Waals surface area contributed by atoms with Crippen LogP contribution in [0.15, 0.2) is 32.0 Å². The molecule has 0 fully saturated rings. The summed E-state index contributed by atoms with van der Waals surface area (Å²) in [6, 6.07) is 4.34. The molecule has 9 nitrogen and oxygen atoms in total. The first-order chi connectivity index (χ1) is 16.1. The summed E-state index contributed by atoms with van der Waals surface area (Å²) < 4.78 is 48.4. The van der Waals surface area contributed by atoms with E-state index in [0.29, 0.717) is 4.47 Å². The maximum absolute atomic E-state index is 15.0. The predicted octanol–water partition coefficient (Wildman–Crippen LogP) is 4.80. The molecule has 0 aliphatic carbocycles. The molecule has 1 aliphatic rings. The van der Waals surface area contributed by atoms with Crippen LogP contribution >= 0.6 is 15.9 Å². The summed E-state index contributed by atoms with van der Waals surface area (Å²) >= 11 is 3.34. The number of rotatable bonds is 6. The van der Waals surface area contributed by atoms with E-state index < -0.39 is 37.5 Å². The second-order valence-corrected chi connectivity index (χ2v) is 13.4. The standard InChI is InChI=1S/C23H32BrFN4O5S/c1-21(2,3)34-20(30)29(15-33-11-10-32-7)19-22(4,5)35(31,27-14-26)13-23(6,28-19)17-12-16(24)8-9-18(17)25/h8-9,12H,10-11,13,15H2,1-7H3/t23-,35?/m0/s1. The fourth-order valence-electron chi connectivity index (χ4n) is 3.57. The molecule has 35 heavy (non-hydrogen) atoms. The zero-order chi connectivity index (χ0) is 26.7. The third-order valence-corrected chi connectivity index (χ3v) is 8.98. The van der Waals surface area contributed by atoms with Gasteiger partial charge >= 0.3 is 6.09 Å². The monoisotopic (exact) mass is 574 g/mol. The number of benzene rings is 1. The average molecular weight is 576 g/mol. The van der Waals surface area contributed by atoms with Crippen molar-refractivity contribution in [1.82, 2.24) is 4.90 Å². The predicted molar refractivity (Wildman–Crippen MR) is 135 cm³/mol. The summed E-state index contributed by atoms with van der Waals surface area (Å²) in [6.07, 6.45) is 0.852. The van der Waals surface area contributed by atoms with Crippen LogP contribution in [-0.4, -0.2) is 64.2 Å². The smallest absolute Gasteiger partial charge is 0.417 e. The molecular formula is C23H32BrFN4O5S. The fourth-order valence-corrected chi connectivity index (χ4v) is 6.14. The Morgan fingerprint density at radius 2 is 2.00 bits per heavy atom. The lowest BCUT2D eigenvalue weighted by Gasteiger charge is -2.44. The number of amides is 1. The van der Waals surface area contributed by atoms with E-state index in [0.717, 1.165) is 4.90 Å². The number of methoxy groups -OCH3 is 1. The van der Waals surface area contributed by atoms with Gasteiger partial charge in [-0.05, 0) is 59.7 Å². The van der Waals surface area contributed by atoms with E-state index in [4.69, 9.17) is 19.2 Å². The van der Waals surface area contributed by atoms with Crippen LogP contribution in [0, 0.1) is 17.3 Å². The highest BCUT2D eigenvalue weighted by molar-refractivity contribution is 9.10. The van der Waals surface area contributed by atoms with Crippen LogP contribution < -0.4 is 0 Å². The summed E-state index contributed by atoms with van der Waals surface area (Å²) in [5, 5.41) is 9.38. The molecule has 1 aromatic carbocycles. The van der Waals surface area contributed by atoms with Gasteiger partial charge in [0.15, 0.2) is 0 Å². The molecule has 1 aliphatic heterocycles. The molecule has 1 heterocycles. The molecule has 1 amide bonds. The summed E-state index contributed by atoms with van der Waals surface area (Å²) in [5.41, 5.74) is -2.12. The Morgan fingerprint density at radius 3 is 2.57 bits per heavy atom. The number of nitrogens with zero attached hydrogens (tertiary/aromatic N) is 4. The van der Waals surface area contributed by atoms with E-state index in [1.165, 1.54) is 25.3 Å². The van der Waals surface area contributed by atoms with Gasteiger partial charge in [-0.15, -0.1) is 4.36 Å². The maximum atomic E-state index is 15.0. The van der Waals surface area contributed by atoms with Crippen LogP contribution in [0.1, 0.15) is 47.1 Å². The summed E-state index contributed by atoms with van der Waals surface area (Å²) in [5.74, 6) is -0.789. The highest BCUT2D eigenvalue weighted by atomic mass is 79.9. The molecule has 0 radical (unpaired) electrons. The Morgan fingerprint density at radius 1 is 1.34 bits per heavy atom. The van der Waals surface area contributed by atoms with E-state index in [1.54, 1.807) is 47.7 Å². The Balaban J connectivity index is 2.78. The van der Waals surface area contributed by atoms with Crippen molar-refractivity contribution in [3.63, 3.8) is 0 Å². The Hall–Kier alpha value is -2.07. The van der Waals surface area contributed by atoms with Crippen molar-refractivity contribution in [3.8, 4) is 6.19 Å². The van der Waals surface area contributed by atoms with Crippen LogP contribution in [-0.2, 0) is 29.5 Å². The first-order valence-electron chi connectivity index (χ1n) is 10.9. The van der Waals surface area contributed by atoms with Gasteiger partial charge in [-0.2, -0.15) is 5.26 Å². The molecule has 2 rings (SSSR count). The Labute approximate surface area is 214 Å². The highest BCUT2D eigenvalue weighted by Crippen LogP contribution is 2.41. The lowest BCUT2D eigenvalue weighted by atomic mass is 9.93. The number of nitriles is 1. The van der Waals surface area contributed by atoms with Crippen molar-refractivity contribution in [1.29, 1.82) is 5.26 Å². The van der Waals surface area contributed by atoms with Crippen molar-refractivity contribution in [2.75, 3.05) is 32.8 Å². The summed E-state index contributed by atoms with van der Waals surface area (Å²) in [7, 11) is -1.88. The molecule has 1 unspecified atom stereocenters. The van der Waals surface area contributed by atoms with Gasteiger partial charge in [0.2, 0.25) is 6.19 Å². The Bertz CT molecular complexity index is 1150. The highest BCUT2D eigenvalue weighted by Gasteiger charge is 2.52.